The van der Waals surface area contributed by atoms with E-state index < -0.39 is 0 Å². The summed E-state index contributed by atoms with van der Waals surface area (Å²) >= 11 is 0. The van der Waals surface area contributed by atoms with E-state index in [-0.39, 0.29) is 0 Å². The lowest BCUT2D eigenvalue weighted by atomic mass is 10.1. The summed E-state index contributed by atoms with van der Waals surface area (Å²) in [4.78, 5) is 0. The molecule has 0 heterocycles. The fourth-order valence-corrected chi connectivity index (χ4v) is 1.51. The number of ether oxygens (including phenoxy) is 2. The van der Waals surface area contributed by atoms with E-state index in [1.165, 1.54) is 32.1 Å². The van der Waals surface area contributed by atoms with Crippen molar-refractivity contribution in [1.29, 1.82) is 0 Å². The van der Waals surface area contributed by atoms with Gasteiger partial charge in [0.05, 0.1) is 0 Å². The predicted molar refractivity (Wildman–Crippen MR) is 72.1 cm³/mol. The molecular formula is C13H30N2O2. The van der Waals surface area contributed by atoms with Crippen LogP contribution in [0.25, 0.3) is 0 Å². The van der Waals surface area contributed by atoms with Crippen molar-refractivity contribution >= 4 is 0 Å². The van der Waals surface area contributed by atoms with Gasteiger partial charge in [0, 0.05) is 26.4 Å². The van der Waals surface area contributed by atoms with Gasteiger partial charge in [0.15, 0.2) is 0 Å². The molecular weight excluding hydrogens is 216 g/mol. The lowest BCUT2D eigenvalue weighted by molar-refractivity contribution is 0.124. The molecule has 0 fully saturated rings. The van der Waals surface area contributed by atoms with Crippen LogP contribution in [-0.2, 0) is 9.47 Å². The first-order chi connectivity index (χ1) is 8.41. The molecule has 0 aromatic carbocycles. The Morgan fingerprint density at radius 2 is 0.824 bits per heavy atom. The number of nitrogens with two attached hydrogens (primary N) is 2. The molecule has 0 bridgehead atoms. The van der Waals surface area contributed by atoms with Gasteiger partial charge in [-0.2, -0.15) is 0 Å². The second kappa shape index (κ2) is 15.8. The van der Waals surface area contributed by atoms with Crippen LogP contribution in [0.3, 0.4) is 0 Å². The summed E-state index contributed by atoms with van der Waals surface area (Å²) in [5.74, 6) is 0. The maximum absolute atomic E-state index is 5.43. The number of rotatable bonds is 14. The van der Waals surface area contributed by atoms with Crippen molar-refractivity contribution in [3.05, 3.63) is 0 Å². The third-order valence-electron chi connectivity index (χ3n) is 2.56. The molecule has 0 atom stereocenters. The molecule has 0 aliphatic carbocycles. The second-order valence-electron chi connectivity index (χ2n) is 4.28. The predicted octanol–water partition coefficient (Wildman–Crippen LogP) is 1.67. The van der Waals surface area contributed by atoms with Gasteiger partial charge in [0.1, 0.15) is 0 Å². The summed E-state index contributed by atoms with van der Waals surface area (Å²) in [7, 11) is 0. The van der Waals surface area contributed by atoms with E-state index in [0.29, 0.717) is 0 Å². The van der Waals surface area contributed by atoms with E-state index >= 15 is 0 Å². The first-order valence-electron chi connectivity index (χ1n) is 6.97. The normalized spacial score (nSPS) is 10.9. The van der Waals surface area contributed by atoms with Gasteiger partial charge in [-0.3, -0.25) is 0 Å². The number of unbranched alkanes of at least 4 members (excludes halogenated alkanes) is 4. The zero-order valence-electron chi connectivity index (χ0n) is 11.2. The van der Waals surface area contributed by atoms with E-state index in [9.17, 15) is 0 Å². The standard InChI is InChI=1S/C13H30N2O2/c14-8-6-12-16-10-4-2-1-3-5-11-17-13-7-9-15/h1-15H2. The summed E-state index contributed by atoms with van der Waals surface area (Å²) in [5.41, 5.74) is 10.7. The van der Waals surface area contributed by atoms with Crippen molar-refractivity contribution in [2.45, 2.75) is 44.9 Å². The lowest BCUT2D eigenvalue weighted by Gasteiger charge is -2.04. The second-order valence-corrected chi connectivity index (χ2v) is 4.28. The Kier molecular flexibility index (Phi) is 15.7. The van der Waals surface area contributed by atoms with Crippen LogP contribution in [0.1, 0.15) is 44.9 Å². The van der Waals surface area contributed by atoms with Gasteiger partial charge in [-0.1, -0.05) is 19.3 Å². The SMILES string of the molecule is NCCCOCCCCCCCOCCCN. The van der Waals surface area contributed by atoms with E-state index in [2.05, 4.69) is 0 Å². The van der Waals surface area contributed by atoms with Crippen LogP contribution in [0, 0.1) is 0 Å². The Morgan fingerprint density at radius 3 is 1.24 bits per heavy atom. The topological polar surface area (TPSA) is 70.5 Å². The van der Waals surface area contributed by atoms with Gasteiger partial charge in [0.2, 0.25) is 0 Å². The number of hydrogen-bond donors (Lipinski definition) is 2. The molecule has 4 heteroatoms. The summed E-state index contributed by atoms with van der Waals surface area (Å²) in [6.45, 7) is 4.84. The molecule has 0 saturated carbocycles. The van der Waals surface area contributed by atoms with Crippen molar-refractivity contribution in [1.82, 2.24) is 0 Å². The average molecular weight is 246 g/mol. The molecule has 0 aliphatic heterocycles. The van der Waals surface area contributed by atoms with Gasteiger partial charge in [-0.25, -0.2) is 0 Å². The van der Waals surface area contributed by atoms with Crippen LogP contribution < -0.4 is 11.5 Å². The van der Waals surface area contributed by atoms with Crippen molar-refractivity contribution in [3.63, 3.8) is 0 Å². The van der Waals surface area contributed by atoms with Crippen LogP contribution >= 0.6 is 0 Å². The molecule has 0 amide bonds. The van der Waals surface area contributed by atoms with Crippen molar-refractivity contribution in [3.8, 4) is 0 Å². The van der Waals surface area contributed by atoms with E-state index in [0.717, 1.165) is 52.4 Å². The van der Waals surface area contributed by atoms with Crippen LogP contribution in [0.5, 0.6) is 0 Å². The molecule has 17 heavy (non-hydrogen) atoms. The summed E-state index contributed by atoms with van der Waals surface area (Å²) in [6, 6.07) is 0. The Morgan fingerprint density at radius 1 is 0.471 bits per heavy atom. The molecule has 4 N–H and O–H groups in total. The van der Waals surface area contributed by atoms with Crippen molar-refractivity contribution < 1.29 is 9.47 Å². The first-order valence-corrected chi connectivity index (χ1v) is 6.97. The lowest BCUT2D eigenvalue weighted by Crippen LogP contribution is -2.05. The van der Waals surface area contributed by atoms with Crippen LogP contribution in [0.4, 0.5) is 0 Å². The smallest absolute Gasteiger partial charge is 0.0478 e. The number of hydrogen-bond acceptors (Lipinski definition) is 4. The van der Waals surface area contributed by atoms with Gasteiger partial charge in [0.25, 0.3) is 0 Å². The summed E-state index contributed by atoms with van der Waals surface area (Å²) in [5, 5.41) is 0. The largest absolute Gasteiger partial charge is 0.381 e. The molecule has 0 spiro atoms. The molecule has 0 unspecified atom stereocenters. The molecule has 0 aliphatic rings. The Balaban J connectivity index is 2.85. The third kappa shape index (κ3) is 15.8. The Hall–Kier alpha value is -0.160. The van der Waals surface area contributed by atoms with Crippen molar-refractivity contribution in [2.75, 3.05) is 39.5 Å². The van der Waals surface area contributed by atoms with Crippen LogP contribution in [-0.4, -0.2) is 39.5 Å². The van der Waals surface area contributed by atoms with E-state index in [4.69, 9.17) is 20.9 Å². The highest BCUT2D eigenvalue weighted by Crippen LogP contribution is 2.03. The van der Waals surface area contributed by atoms with Gasteiger partial charge in [-0.05, 0) is 38.8 Å². The Bertz CT molecular complexity index is 121. The summed E-state index contributed by atoms with van der Waals surface area (Å²) in [6.07, 6.45) is 8.06. The molecule has 0 aromatic rings. The monoisotopic (exact) mass is 246 g/mol. The fraction of sp³-hybridized carbons (Fsp3) is 1.00. The average Bonchev–Trinajstić information content (AvgIpc) is 2.35. The van der Waals surface area contributed by atoms with Crippen LogP contribution in [0.15, 0.2) is 0 Å². The minimum absolute atomic E-state index is 0.726. The fourth-order valence-electron chi connectivity index (χ4n) is 1.51. The zero-order chi connectivity index (χ0) is 12.6. The minimum atomic E-state index is 0.726. The Labute approximate surface area is 106 Å². The van der Waals surface area contributed by atoms with Gasteiger partial charge in [-0.15, -0.1) is 0 Å². The molecule has 0 radical (unpaired) electrons. The van der Waals surface area contributed by atoms with Crippen molar-refractivity contribution in [2.24, 2.45) is 11.5 Å². The third-order valence-corrected chi connectivity index (χ3v) is 2.56. The zero-order valence-corrected chi connectivity index (χ0v) is 11.2. The van der Waals surface area contributed by atoms with E-state index in [1.54, 1.807) is 0 Å². The molecule has 0 saturated heterocycles. The quantitative estimate of drug-likeness (QED) is 0.457. The maximum Gasteiger partial charge on any atom is 0.0478 e. The highest BCUT2D eigenvalue weighted by Gasteiger charge is 1.92. The highest BCUT2D eigenvalue weighted by atomic mass is 16.5. The molecule has 4 nitrogen and oxygen atoms in total. The van der Waals surface area contributed by atoms with E-state index in [1.807, 2.05) is 0 Å². The maximum atomic E-state index is 5.43. The first kappa shape index (κ1) is 16.8. The van der Waals surface area contributed by atoms with Crippen LogP contribution in [0.2, 0.25) is 0 Å². The molecule has 104 valence electrons. The molecule has 0 aromatic heterocycles. The highest BCUT2D eigenvalue weighted by molar-refractivity contribution is 4.45. The molecule has 0 rings (SSSR count). The van der Waals surface area contributed by atoms with Gasteiger partial charge >= 0.3 is 0 Å². The van der Waals surface area contributed by atoms with Gasteiger partial charge < -0.3 is 20.9 Å². The minimum Gasteiger partial charge on any atom is -0.381 e. The summed E-state index contributed by atoms with van der Waals surface area (Å²) < 4.78 is 10.9.